The van der Waals surface area contributed by atoms with Crippen molar-refractivity contribution in [3.8, 4) is 0 Å². The molecule has 2 N–H and O–H groups in total. The molecule has 1 aromatic rings. The molecule has 1 aromatic carbocycles. The summed E-state index contributed by atoms with van der Waals surface area (Å²) in [7, 11) is 0. The number of aryl methyl sites for hydroxylation is 2. The second-order valence-electron chi connectivity index (χ2n) is 6.53. The molecule has 2 bridgehead atoms. The van der Waals surface area contributed by atoms with Crippen LogP contribution < -0.4 is 5.73 Å². The number of ether oxygens (including phenoxy) is 1. The van der Waals surface area contributed by atoms with Crippen LogP contribution in [0.25, 0.3) is 0 Å². The minimum Gasteiger partial charge on any atom is -0.372 e. The summed E-state index contributed by atoms with van der Waals surface area (Å²) in [6.45, 7) is 7.56. The van der Waals surface area contributed by atoms with E-state index in [2.05, 4.69) is 36.9 Å². The predicted octanol–water partition coefficient (Wildman–Crippen LogP) is 2.56. The monoisotopic (exact) mass is 274 g/mol. The van der Waals surface area contributed by atoms with Crippen LogP contribution in [0.3, 0.4) is 0 Å². The highest BCUT2D eigenvalue weighted by molar-refractivity contribution is 5.30. The molecule has 2 heterocycles. The summed E-state index contributed by atoms with van der Waals surface area (Å²) in [5, 5.41) is 0. The molecule has 110 valence electrons. The molecule has 0 amide bonds. The SMILES string of the molecule is Cc1cc(C)cc(C(N)CCN2CC3CCC(C2)O3)c1. The van der Waals surface area contributed by atoms with Gasteiger partial charge in [-0.1, -0.05) is 29.3 Å². The van der Waals surface area contributed by atoms with E-state index in [4.69, 9.17) is 10.5 Å². The number of benzene rings is 1. The average Bonchev–Trinajstić information content (AvgIpc) is 2.74. The predicted molar refractivity (Wildman–Crippen MR) is 81.8 cm³/mol. The highest BCUT2D eigenvalue weighted by Gasteiger charge is 2.33. The van der Waals surface area contributed by atoms with Crippen LogP contribution in [-0.2, 0) is 4.74 Å². The van der Waals surface area contributed by atoms with Crippen LogP contribution in [0.4, 0.5) is 0 Å². The lowest BCUT2D eigenvalue weighted by Gasteiger charge is -2.32. The third kappa shape index (κ3) is 3.22. The molecule has 2 aliphatic heterocycles. The molecule has 3 nitrogen and oxygen atoms in total. The number of likely N-dealkylation sites (tertiary alicyclic amines) is 1. The molecule has 2 saturated heterocycles. The van der Waals surface area contributed by atoms with Crippen molar-refractivity contribution < 1.29 is 4.74 Å². The maximum absolute atomic E-state index is 6.38. The molecule has 3 rings (SSSR count). The van der Waals surface area contributed by atoms with Crippen LogP contribution in [0.1, 0.15) is 42.0 Å². The van der Waals surface area contributed by atoms with E-state index in [1.165, 1.54) is 29.5 Å². The Hall–Kier alpha value is -0.900. The molecule has 3 unspecified atom stereocenters. The van der Waals surface area contributed by atoms with Gasteiger partial charge in [-0.05, 0) is 38.7 Å². The van der Waals surface area contributed by atoms with Gasteiger partial charge < -0.3 is 10.5 Å². The fraction of sp³-hybridized carbons (Fsp3) is 0.647. The van der Waals surface area contributed by atoms with E-state index in [-0.39, 0.29) is 6.04 Å². The Bertz CT molecular complexity index is 442. The summed E-state index contributed by atoms with van der Waals surface area (Å²) < 4.78 is 5.88. The summed E-state index contributed by atoms with van der Waals surface area (Å²) in [6.07, 6.45) is 4.47. The first-order chi connectivity index (χ1) is 9.60. The topological polar surface area (TPSA) is 38.5 Å². The van der Waals surface area contributed by atoms with Gasteiger partial charge in [0.15, 0.2) is 0 Å². The Kier molecular flexibility index (Phi) is 4.11. The van der Waals surface area contributed by atoms with Crippen molar-refractivity contribution >= 4 is 0 Å². The van der Waals surface area contributed by atoms with E-state index in [1.54, 1.807) is 0 Å². The van der Waals surface area contributed by atoms with E-state index < -0.39 is 0 Å². The summed E-state index contributed by atoms with van der Waals surface area (Å²) >= 11 is 0. The zero-order valence-corrected chi connectivity index (χ0v) is 12.6. The van der Waals surface area contributed by atoms with Gasteiger partial charge in [-0.15, -0.1) is 0 Å². The van der Waals surface area contributed by atoms with Gasteiger partial charge in [0, 0.05) is 25.7 Å². The molecule has 0 saturated carbocycles. The van der Waals surface area contributed by atoms with Gasteiger partial charge in [-0.2, -0.15) is 0 Å². The quantitative estimate of drug-likeness (QED) is 0.917. The Labute approximate surface area is 122 Å². The minimum absolute atomic E-state index is 0.147. The van der Waals surface area contributed by atoms with Gasteiger partial charge in [0.25, 0.3) is 0 Å². The molecular formula is C17H26N2O. The Balaban J connectivity index is 1.55. The first kappa shape index (κ1) is 14.1. The average molecular weight is 274 g/mol. The van der Waals surface area contributed by atoms with E-state index in [9.17, 15) is 0 Å². The zero-order valence-electron chi connectivity index (χ0n) is 12.6. The van der Waals surface area contributed by atoms with E-state index >= 15 is 0 Å². The Morgan fingerprint density at radius 1 is 1.15 bits per heavy atom. The van der Waals surface area contributed by atoms with Crippen molar-refractivity contribution in [2.45, 2.75) is 51.4 Å². The number of morpholine rings is 1. The second kappa shape index (κ2) is 5.84. The molecular weight excluding hydrogens is 248 g/mol. The molecule has 2 fully saturated rings. The van der Waals surface area contributed by atoms with Crippen LogP contribution in [0.2, 0.25) is 0 Å². The minimum atomic E-state index is 0.147. The fourth-order valence-electron chi connectivity index (χ4n) is 3.59. The maximum Gasteiger partial charge on any atom is 0.0707 e. The summed E-state index contributed by atoms with van der Waals surface area (Å²) in [5.41, 5.74) is 10.3. The molecule has 0 aromatic heterocycles. The third-order valence-corrected chi connectivity index (χ3v) is 4.55. The van der Waals surface area contributed by atoms with Gasteiger partial charge in [0.1, 0.15) is 0 Å². The lowest BCUT2D eigenvalue weighted by atomic mass is 9.99. The van der Waals surface area contributed by atoms with Crippen molar-refractivity contribution in [2.75, 3.05) is 19.6 Å². The lowest BCUT2D eigenvalue weighted by molar-refractivity contribution is -0.0388. The summed E-state index contributed by atoms with van der Waals surface area (Å²) in [4.78, 5) is 2.54. The second-order valence-corrected chi connectivity index (χ2v) is 6.53. The Morgan fingerprint density at radius 2 is 1.75 bits per heavy atom. The third-order valence-electron chi connectivity index (χ3n) is 4.55. The molecule has 0 aliphatic carbocycles. The smallest absolute Gasteiger partial charge is 0.0707 e. The fourth-order valence-corrected chi connectivity index (χ4v) is 3.59. The van der Waals surface area contributed by atoms with Crippen LogP contribution in [0, 0.1) is 13.8 Å². The largest absolute Gasteiger partial charge is 0.372 e. The van der Waals surface area contributed by atoms with Crippen molar-refractivity contribution in [1.82, 2.24) is 4.90 Å². The number of rotatable bonds is 4. The lowest BCUT2D eigenvalue weighted by Crippen LogP contribution is -2.43. The zero-order chi connectivity index (χ0) is 14.1. The van der Waals surface area contributed by atoms with E-state index in [0.717, 1.165) is 26.1 Å². The highest BCUT2D eigenvalue weighted by Crippen LogP contribution is 2.27. The van der Waals surface area contributed by atoms with Gasteiger partial charge in [-0.25, -0.2) is 0 Å². The normalized spacial score (nSPS) is 27.8. The van der Waals surface area contributed by atoms with Crippen LogP contribution in [0.15, 0.2) is 18.2 Å². The van der Waals surface area contributed by atoms with Crippen LogP contribution in [0.5, 0.6) is 0 Å². The van der Waals surface area contributed by atoms with Crippen molar-refractivity contribution in [3.63, 3.8) is 0 Å². The number of fused-ring (bicyclic) bond motifs is 2. The van der Waals surface area contributed by atoms with Crippen molar-refractivity contribution in [2.24, 2.45) is 5.73 Å². The number of hydrogen-bond acceptors (Lipinski definition) is 3. The van der Waals surface area contributed by atoms with Crippen LogP contribution >= 0.6 is 0 Å². The Morgan fingerprint density at radius 3 is 2.35 bits per heavy atom. The molecule has 3 heteroatoms. The summed E-state index contributed by atoms with van der Waals surface area (Å²) in [5.74, 6) is 0. The first-order valence-electron chi connectivity index (χ1n) is 7.82. The molecule has 0 spiro atoms. The van der Waals surface area contributed by atoms with Gasteiger partial charge in [-0.3, -0.25) is 4.90 Å². The van der Waals surface area contributed by atoms with Gasteiger partial charge in [0.2, 0.25) is 0 Å². The van der Waals surface area contributed by atoms with Crippen LogP contribution in [-0.4, -0.2) is 36.7 Å². The van der Waals surface area contributed by atoms with Crippen molar-refractivity contribution in [1.29, 1.82) is 0 Å². The molecule has 20 heavy (non-hydrogen) atoms. The molecule has 0 radical (unpaired) electrons. The number of nitrogens with zero attached hydrogens (tertiary/aromatic N) is 1. The van der Waals surface area contributed by atoms with Gasteiger partial charge >= 0.3 is 0 Å². The molecule has 2 aliphatic rings. The van der Waals surface area contributed by atoms with E-state index in [1.807, 2.05) is 0 Å². The van der Waals surface area contributed by atoms with Gasteiger partial charge in [0.05, 0.1) is 12.2 Å². The molecule has 3 atom stereocenters. The highest BCUT2D eigenvalue weighted by atomic mass is 16.5. The maximum atomic E-state index is 6.38. The first-order valence-corrected chi connectivity index (χ1v) is 7.82. The summed E-state index contributed by atoms with van der Waals surface area (Å²) in [6, 6.07) is 6.80. The van der Waals surface area contributed by atoms with E-state index in [0.29, 0.717) is 12.2 Å². The number of hydrogen-bond donors (Lipinski definition) is 1. The standard InChI is InChI=1S/C17H26N2O/c1-12-7-13(2)9-14(8-12)17(18)5-6-19-10-15-3-4-16(11-19)20-15/h7-9,15-17H,3-6,10-11,18H2,1-2H3. The number of nitrogens with two attached hydrogens (primary N) is 1. The van der Waals surface area contributed by atoms with Crippen molar-refractivity contribution in [3.05, 3.63) is 34.9 Å².